The largest absolute Gasteiger partial charge is 0.495 e. The number of anilines is 1. The summed E-state index contributed by atoms with van der Waals surface area (Å²) in [6, 6.07) is 15.3. The van der Waals surface area contributed by atoms with E-state index >= 15 is 0 Å². The molecule has 1 heterocycles. The first-order valence-electron chi connectivity index (χ1n) is 9.29. The summed E-state index contributed by atoms with van der Waals surface area (Å²) in [6.07, 6.45) is 1.57. The van der Waals surface area contributed by atoms with Crippen LogP contribution in [-0.2, 0) is 0 Å². The van der Waals surface area contributed by atoms with Gasteiger partial charge in [-0.05, 0) is 60.7 Å². The second kappa shape index (κ2) is 8.31. The van der Waals surface area contributed by atoms with Gasteiger partial charge in [0.15, 0.2) is 5.78 Å². The van der Waals surface area contributed by atoms with Crippen LogP contribution in [0.15, 0.2) is 72.9 Å². The summed E-state index contributed by atoms with van der Waals surface area (Å²) >= 11 is 0. The Morgan fingerprint density at radius 3 is 2.45 bits per heavy atom. The number of amides is 1. The number of hydrogen-bond acceptors (Lipinski definition) is 4. The number of carbonyl (C=O) groups excluding carboxylic acids is 2. The van der Waals surface area contributed by atoms with Gasteiger partial charge < -0.3 is 10.1 Å². The Hall–Kier alpha value is -4.13. The average Bonchev–Trinajstić information content (AvgIpc) is 2.77. The number of ketones is 1. The smallest absolute Gasteiger partial charge is 0.255 e. The van der Waals surface area contributed by atoms with Crippen molar-refractivity contribution >= 4 is 28.3 Å². The number of hydrogen-bond donors (Lipinski definition) is 1. The molecule has 3 aromatic carbocycles. The molecular formula is C24H16F2N2O3. The minimum atomic E-state index is -0.690. The fourth-order valence-electron chi connectivity index (χ4n) is 3.16. The fourth-order valence-corrected chi connectivity index (χ4v) is 3.16. The van der Waals surface area contributed by atoms with E-state index in [2.05, 4.69) is 10.3 Å². The van der Waals surface area contributed by atoms with E-state index in [1.165, 1.54) is 31.4 Å². The molecule has 0 fully saturated rings. The SMILES string of the molecule is COc1cnc2ccc(C(=O)c3cc(F)cc(NC(=O)c4cccc(F)c4)c3)cc2c1. The average molecular weight is 418 g/mol. The standard InChI is InChI=1S/C24H16F2N2O3/c1-31-21-11-16-7-14(5-6-22(16)27-13-21)23(29)17-9-19(26)12-20(10-17)28-24(30)15-3-2-4-18(25)8-15/h2-13H,1H3,(H,28,30). The number of carbonyl (C=O) groups is 2. The summed E-state index contributed by atoms with van der Waals surface area (Å²) in [7, 11) is 1.52. The Balaban J connectivity index is 1.64. The third-order valence-corrected chi connectivity index (χ3v) is 4.66. The number of aromatic nitrogens is 1. The molecule has 1 N–H and O–H groups in total. The first-order valence-corrected chi connectivity index (χ1v) is 9.29. The van der Waals surface area contributed by atoms with Crippen LogP contribution in [0.2, 0.25) is 0 Å². The van der Waals surface area contributed by atoms with Crippen LogP contribution in [0, 0.1) is 11.6 Å². The summed E-state index contributed by atoms with van der Waals surface area (Å²) < 4.78 is 32.7. The Bertz CT molecular complexity index is 1320. The van der Waals surface area contributed by atoms with Crippen molar-refractivity contribution in [2.24, 2.45) is 0 Å². The van der Waals surface area contributed by atoms with Crippen molar-refractivity contribution in [3.8, 4) is 5.75 Å². The molecule has 0 aliphatic heterocycles. The topological polar surface area (TPSA) is 68.3 Å². The third kappa shape index (κ3) is 4.40. The van der Waals surface area contributed by atoms with Gasteiger partial charge in [0, 0.05) is 27.8 Å². The van der Waals surface area contributed by atoms with Crippen molar-refractivity contribution in [1.82, 2.24) is 4.98 Å². The van der Waals surface area contributed by atoms with Gasteiger partial charge in [-0.25, -0.2) is 8.78 Å². The van der Waals surface area contributed by atoms with E-state index in [4.69, 9.17) is 4.74 Å². The van der Waals surface area contributed by atoms with E-state index in [0.717, 1.165) is 18.2 Å². The number of methoxy groups -OCH3 is 1. The van der Waals surface area contributed by atoms with Crippen molar-refractivity contribution < 1.29 is 23.1 Å². The van der Waals surface area contributed by atoms with Crippen molar-refractivity contribution in [3.05, 3.63) is 101 Å². The number of pyridine rings is 1. The van der Waals surface area contributed by atoms with Gasteiger partial charge in [0.1, 0.15) is 17.4 Å². The van der Waals surface area contributed by atoms with Gasteiger partial charge in [-0.1, -0.05) is 6.07 Å². The summed E-state index contributed by atoms with van der Waals surface area (Å²) in [5.41, 5.74) is 1.23. The summed E-state index contributed by atoms with van der Waals surface area (Å²) in [5.74, 6) is -1.75. The minimum Gasteiger partial charge on any atom is -0.495 e. The number of fused-ring (bicyclic) bond motifs is 1. The van der Waals surface area contributed by atoms with E-state index in [1.807, 2.05) is 0 Å². The molecule has 7 heteroatoms. The molecule has 31 heavy (non-hydrogen) atoms. The molecule has 1 aromatic heterocycles. The highest BCUT2D eigenvalue weighted by Gasteiger charge is 2.15. The molecule has 0 unspecified atom stereocenters. The molecule has 1 amide bonds. The van der Waals surface area contributed by atoms with Crippen LogP contribution in [0.3, 0.4) is 0 Å². The van der Waals surface area contributed by atoms with Gasteiger partial charge in [0.05, 0.1) is 18.8 Å². The molecule has 4 rings (SSSR count). The molecule has 5 nitrogen and oxygen atoms in total. The van der Waals surface area contributed by atoms with E-state index in [0.29, 0.717) is 22.2 Å². The highest BCUT2D eigenvalue weighted by atomic mass is 19.1. The number of ether oxygens (including phenoxy) is 1. The Labute approximate surface area is 176 Å². The van der Waals surface area contributed by atoms with Crippen LogP contribution in [0.1, 0.15) is 26.3 Å². The van der Waals surface area contributed by atoms with Crippen LogP contribution in [0.25, 0.3) is 10.9 Å². The number of nitrogens with one attached hydrogen (secondary N) is 1. The van der Waals surface area contributed by atoms with Gasteiger partial charge in [-0.2, -0.15) is 0 Å². The second-order valence-corrected chi connectivity index (χ2v) is 6.80. The van der Waals surface area contributed by atoms with Crippen molar-refractivity contribution in [2.45, 2.75) is 0 Å². The zero-order chi connectivity index (χ0) is 22.0. The van der Waals surface area contributed by atoms with Gasteiger partial charge in [0.2, 0.25) is 0 Å². The lowest BCUT2D eigenvalue weighted by atomic mass is 10.0. The first kappa shape index (κ1) is 20.2. The molecule has 0 bridgehead atoms. The maximum Gasteiger partial charge on any atom is 0.255 e. The Morgan fingerprint density at radius 1 is 0.871 bits per heavy atom. The molecule has 0 atom stereocenters. The van der Waals surface area contributed by atoms with Crippen LogP contribution >= 0.6 is 0 Å². The lowest BCUT2D eigenvalue weighted by molar-refractivity contribution is 0.102. The molecule has 0 aliphatic carbocycles. The first-order chi connectivity index (χ1) is 14.9. The Kier molecular flexibility index (Phi) is 5.41. The number of benzene rings is 3. The predicted molar refractivity (Wildman–Crippen MR) is 112 cm³/mol. The highest BCUT2D eigenvalue weighted by Crippen LogP contribution is 2.23. The predicted octanol–water partition coefficient (Wildman–Crippen LogP) is 5.00. The van der Waals surface area contributed by atoms with Crippen molar-refractivity contribution in [1.29, 1.82) is 0 Å². The maximum atomic E-state index is 14.2. The summed E-state index contributed by atoms with van der Waals surface area (Å²) in [4.78, 5) is 29.6. The molecule has 0 radical (unpaired) electrons. The molecule has 4 aromatic rings. The fraction of sp³-hybridized carbons (Fsp3) is 0.0417. The minimum absolute atomic E-state index is 0.0600. The molecular weight excluding hydrogens is 402 g/mol. The lowest BCUT2D eigenvalue weighted by Crippen LogP contribution is -2.13. The van der Waals surface area contributed by atoms with E-state index in [1.54, 1.807) is 30.5 Å². The van der Waals surface area contributed by atoms with Gasteiger partial charge >= 0.3 is 0 Å². The highest BCUT2D eigenvalue weighted by molar-refractivity contribution is 6.11. The van der Waals surface area contributed by atoms with E-state index in [9.17, 15) is 18.4 Å². The van der Waals surface area contributed by atoms with Crippen molar-refractivity contribution in [2.75, 3.05) is 12.4 Å². The lowest BCUT2D eigenvalue weighted by Gasteiger charge is -2.09. The van der Waals surface area contributed by atoms with Crippen LogP contribution in [0.5, 0.6) is 5.75 Å². The number of rotatable bonds is 5. The van der Waals surface area contributed by atoms with Crippen LogP contribution < -0.4 is 10.1 Å². The van der Waals surface area contributed by atoms with E-state index in [-0.39, 0.29) is 16.8 Å². The quantitative estimate of drug-likeness (QED) is 0.463. The van der Waals surface area contributed by atoms with Gasteiger partial charge in [0.25, 0.3) is 5.91 Å². The zero-order valence-corrected chi connectivity index (χ0v) is 16.4. The number of nitrogens with zero attached hydrogens (tertiary/aromatic N) is 1. The van der Waals surface area contributed by atoms with Gasteiger partial charge in [-0.3, -0.25) is 14.6 Å². The maximum absolute atomic E-state index is 14.2. The molecule has 0 saturated heterocycles. The van der Waals surface area contributed by atoms with Crippen LogP contribution in [0.4, 0.5) is 14.5 Å². The molecule has 0 spiro atoms. The molecule has 0 aliphatic rings. The molecule has 154 valence electrons. The Morgan fingerprint density at radius 2 is 1.68 bits per heavy atom. The monoisotopic (exact) mass is 418 g/mol. The molecule has 0 saturated carbocycles. The number of halogens is 2. The summed E-state index contributed by atoms with van der Waals surface area (Å²) in [6.45, 7) is 0. The van der Waals surface area contributed by atoms with E-state index < -0.39 is 23.3 Å². The normalized spacial score (nSPS) is 10.7. The van der Waals surface area contributed by atoms with Gasteiger partial charge in [-0.15, -0.1) is 0 Å². The second-order valence-electron chi connectivity index (χ2n) is 6.80. The third-order valence-electron chi connectivity index (χ3n) is 4.66. The zero-order valence-electron chi connectivity index (χ0n) is 16.4. The van der Waals surface area contributed by atoms with Crippen LogP contribution in [-0.4, -0.2) is 23.8 Å². The van der Waals surface area contributed by atoms with Crippen molar-refractivity contribution in [3.63, 3.8) is 0 Å². The summed E-state index contributed by atoms with van der Waals surface area (Å²) in [5, 5.41) is 3.19.